The molecular formula is C12H18O. The Labute approximate surface area is 79.8 Å². The summed E-state index contributed by atoms with van der Waals surface area (Å²) in [5.74, 6) is 2.88. The van der Waals surface area contributed by atoms with E-state index in [2.05, 4.69) is 26.0 Å². The molecule has 3 aliphatic rings. The first-order chi connectivity index (χ1) is 6.12. The Kier molecular flexibility index (Phi) is 1.36. The first-order valence-corrected chi connectivity index (χ1v) is 5.47. The van der Waals surface area contributed by atoms with Crippen LogP contribution < -0.4 is 0 Å². The number of allylic oxidation sites excluding steroid dienone is 2. The van der Waals surface area contributed by atoms with E-state index in [1.807, 2.05) is 0 Å². The molecule has 0 aromatic carbocycles. The summed E-state index contributed by atoms with van der Waals surface area (Å²) >= 11 is 0. The van der Waals surface area contributed by atoms with E-state index in [9.17, 15) is 5.11 Å². The predicted molar refractivity (Wildman–Crippen MR) is 52.1 cm³/mol. The largest absolute Gasteiger partial charge is 0.393 e. The molecule has 0 aliphatic heterocycles. The van der Waals surface area contributed by atoms with Gasteiger partial charge in [0.2, 0.25) is 0 Å². The number of aliphatic hydroxyl groups is 1. The van der Waals surface area contributed by atoms with Gasteiger partial charge in [0, 0.05) is 0 Å². The lowest BCUT2D eigenvalue weighted by Crippen LogP contribution is -2.29. The fraction of sp³-hybridized carbons (Fsp3) is 0.833. The van der Waals surface area contributed by atoms with Gasteiger partial charge in [-0.1, -0.05) is 26.0 Å². The van der Waals surface area contributed by atoms with Gasteiger partial charge in [0.25, 0.3) is 0 Å². The van der Waals surface area contributed by atoms with Gasteiger partial charge in [0.1, 0.15) is 0 Å². The number of aliphatic hydroxyl groups excluding tert-OH is 1. The van der Waals surface area contributed by atoms with Gasteiger partial charge >= 0.3 is 0 Å². The van der Waals surface area contributed by atoms with E-state index in [1.165, 1.54) is 6.42 Å². The van der Waals surface area contributed by atoms with E-state index in [0.29, 0.717) is 11.3 Å². The summed E-state index contributed by atoms with van der Waals surface area (Å²) in [4.78, 5) is 0. The molecule has 13 heavy (non-hydrogen) atoms. The lowest BCUT2D eigenvalue weighted by molar-refractivity contribution is 0.0556. The molecule has 0 heterocycles. The Morgan fingerprint density at radius 3 is 2.92 bits per heavy atom. The van der Waals surface area contributed by atoms with Crippen LogP contribution in [0.2, 0.25) is 0 Å². The fourth-order valence-electron chi connectivity index (χ4n) is 4.46. The van der Waals surface area contributed by atoms with Crippen molar-refractivity contribution in [2.45, 2.75) is 32.8 Å². The standard InChI is InChI=1S/C12H18O/c1-12(2)9-6-10(13)11(12)8-5-3-4-7(8)9/h3-4,7-11,13H,5-6H2,1-2H3. The molecule has 3 aliphatic carbocycles. The highest BCUT2D eigenvalue weighted by Crippen LogP contribution is 2.65. The molecule has 72 valence electrons. The van der Waals surface area contributed by atoms with Gasteiger partial charge in [0.05, 0.1) is 6.10 Å². The van der Waals surface area contributed by atoms with Crippen molar-refractivity contribution in [2.75, 3.05) is 0 Å². The number of hydrogen-bond donors (Lipinski definition) is 1. The normalized spacial score (nSPS) is 55.8. The molecule has 2 fully saturated rings. The average Bonchev–Trinajstić information content (AvgIpc) is 2.60. The monoisotopic (exact) mass is 178 g/mol. The van der Waals surface area contributed by atoms with E-state index in [1.54, 1.807) is 0 Å². The Hall–Kier alpha value is -0.300. The maximum atomic E-state index is 9.97. The van der Waals surface area contributed by atoms with Gasteiger partial charge in [0.15, 0.2) is 0 Å². The summed E-state index contributed by atoms with van der Waals surface area (Å²) in [7, 11) is 0. The van der Waals surface area contributed by atoms with Crippen LogP contribution in [0.25, 0.3) is 0 Å². The molecule has 1 nitrogen and oxygen atoms in total. The molecule has 0 amide bonds. The van der Waals surface area contributed by atoms with Crippen molar-refractivity contribution < 1.29 is 5.11 Å². The Morgan fingerprint density at radius 1 is 1.38 bits per heavy atom. The van der Waals surface area contributed by atoms with Crippen LogP contribution in [0.4, 0.5) is 0 Å². The van der Waals surface area contributed by atoms with Crippen LogP contribution in [0.5, 0.6) is 0 Å². The highest BCUT2D eigenvalue weighted by Gasteiger charge is 2.62. The molecule has 0 saturated heterocycles. The molecule has 5 atom stereocenters. The van der Waals surface area contributed by atoms with Crippen LogP contribution in [-0.4, -0.2) is 11.2 Å². The van der Waals surface area contributed by atoms with E-state index < -0.39 is 0 Å². The van der Waals surface area contributed by atoms with E-state index in [4.69, 9.17) is 0 Å². The molecule has 0 aromatic heterocycles. The zero-order chi connectivity index (χ0) is 9.22. The maximum absolute atomic E-state index is 9.97. The molecule has 1 N–H and O–H groups in total. The zero-order valence-corrected chi connectivity index (χ0v) is 8.40. The number of rotatable bonds is 0. The second-order valence-electron chi connectivity index (χ2n) is 5.66. The molecular weight excluding hydrogens is 160 g/mol. The van der Waals surface area contributed by atoms with Gasteiger partial charge in [-0.05, 0) is 41.9 Å². The number of hydrogen-bond acceptors (Lipinski definition) is 1. The van der Waals surface area contributed by atoms with Crippen molar-refractivity contribution in [1.82, 2.24) is 0 Å². The molecule has 0 aromatic rings. The Bertz CT molecular complexity index is 266. The molecule has 1 heteroatoms. The predicted octanol–water partition coefficient (Wildman–Crippen LogP) is 2.22. The Balaban J connectivity index is 2.03. The molecule has 5 unspecified atom stereocenters. The van der Waals surface area contributed by atoms with Crippen molar-refractivity contribution in [3.8, 4) is 0 Å². The topological polar surface area (TPSA) is 20.2 Å². The van der Waals surface area contributed by atoms with Crippen molar-refractivity contribution in [3.05, 3.63) is 12.2 Å². The second kappa shape index (κ2) is 2.20. The minimum Gasteiger partial charge on any atom is -0.393 e. The average molecular weight is 178 g/mol. The van der Waals surface area contributed by atoms with Crippen LogP contribution >= 0.6 is 0 Å². The quantitative estimate of drug-likeness (QED) is 0.564. The van der Waals surface area contributed by atoms with Gasteiger partial charge < -0.3 is 5.11 Å². The van der Waals surface area contributed by atoms with Gasteiger partial charge in [-0.25, -0.2) is 0 Å². The maximum Gasteiger partial charge on any atom is 0.0579 e. The summed E-state index contributed by atoms with van der Waals surface area (Å²) in [6, 6.07) is 0. The van der Waals surface area contributed by atoms with Gasteiger partial charge in [-0.2, -0.15) is 0 Å². The highest BCUT2D eigenvalue weighted by molar-refractivity contribution is 5.19. The van der Waals surface area contributed by atoms with Crippen LogP contribution in [0.3, 0.4) is 0 Å². The minimum atomic E-state index is -0.0128. The van der Waals surface area contributed by atoms with Crippen LogP contribution in [-0.2, 0) is 0 Å². The summed E-state index contributed by atoms with van der Waals surface area (Å²) in [5.41, 5.74) is 0.388. The molecule has 3 rings (SSSR count). The highest BCUT2D eigenvalue weighted by atomic mass is 16.3. The third-order valence-electron chi connectivity index (χ3n) is 4.91. The number of fused-ring (bicyclic) bond motifs is 5. The lowest BCUT2D eigenvalue weighted by atomic mass is 9.78. The second-order valence-corrected chi connectivity index (χ2v) is 5.66. The molecule has 2 saturated carbocycles. The van der Waals surface area contributed by atoms with Crippen LogP contribution in [0, 0.1) is 29.1 Å². The third-order valence-corrected chi connectivity index (χ3v) is 4.91. The summed E-state index contributed by atoms with van der Waals surface area (Å²) in [5, 5.41) is 9.97. The molecule has 0 spiro atoms. The van der Waals surface area contributed by atoms with Gasteiger partial charge in [-0.15, -0.1) is 0 Å². The summed E-state index contributed by atoms with van der Waals surface area (Å²) in [6.45, 7) is 4.70. The molecule has 0 radical (unpaired) electrons. The van der Waals surface area contributed by atoms with E-state index >= 15 is 0 Å². The van der Waals surface area contributed by atoms with Crippen LogP contribution in [0.1, 0.15) is 26.7 Å². The van der Waals surface area contributed by atoms with Gasteiger partial charge in [-0.3, -0.25) is 0 Å². The molecule has 2 bridgehead atoms. The van der Waals surface area contributed by atoms with Crippen molar-refractivity contribution in [2.24, 2.45) is 29.1 Å². The third kappa shape index (κ3) is 0.775. The summed E-state index contributed by atoms with van der Waals surface area (Å²) < 4.78 is 0. The van der Waals surface area contributed by atoms with Crippen LogP contribution in [0.15, 0.2) is 12.2 Å². The van der Waals surface area contributed by atoms with E-state index in [-0.39, 0.29) is 6.10 Å². The summed E-state index contributed by atoms with van der Waals surface area (Å²) in [6.07, 6.45) is 6.97. The zero-order valence-electron chi connectivity index (χ0n) is 8.40. The first kappa shape index (κ1) is 8.05. The van der Waals surface area contributed by atoms with Crippen molar-refractivity contribution in [3.63, 3.8) is 0 Å². The smallest absolute Gasteiger partial charge is 0.0579 e. The first-order valence-electron chi connectivity index (χ1n) is 5.47. The Morgan fingerprint density at radius 2 is 2.15 bits per heavy atom. The van der Waals surface area contributed by atoms with Crippen molar-refractivity contribution >= 4 is 0 Å². The van der Waals surface area contributed by atoms with E-state index in [0.717, 1.165) is 24.2 Å². The fourth-order valence-corrected chi connectivity index (χ4v) is 4.46. The SMILES string of the molecule is CC1(C)C2CC(O)C1C1CC=CC12. The van der Waals surface area contributed by atoms with Crippen molar-refractivity contribution in [1.29, 1.82) is 0 Å². The minimum absolute atomic E-state index is 0.0128. The lowest BCUT2D eigenvalue weighted by Gasteiger charge is -2.29.